The molecular formula is C28H38N2O4S. The largest absolute Gasteiger partial charge is 0.376 e. The number of benzene rings is 2. The van der Waals surface area contributed by atoms with Gasteiger partial charge < -0.3 is 15.4 Å². The Labute approximate surface area is 209 Å². The van der Waals surface area contributed by atoms with Gasteiger partial charge in [0.05, 0.1) is 23.3 Å². The fourth-order valence-electron chi connectivity index (χ4n) is 5.20. The molecule has 190 valence electrons. The molecule has 1 atom stereocenters. The van der Waals surface area contributed by atoms with E-state index >= 15 is 0 Å². The lowest BCUT2D eigenvalue weighted by molar-refractivity contribution is -0.136. The average Bonchev–Trinajstić information content (AvgIpc) is 2.84. The maximum Gasteiger partial charge on any atom is 0.239 e. The van der Waals surface area contributed by atoms with Crippen LogP contribution in [0.5, 0.6) is 0 Å². The Morgan fingerprint density at radius 1 is 0.971 bits per heavy atom. The van der Waals surface area contributed by atoms with E-state index in [1.54, 1.807) is 24.3 Å². The van der Waals surface area contributed by atoms with Crippen LogP contribution in [0.15, 0.2) is 59.5 Å². The predicted octanol–water partition coefficient (Wildman–Crippen LogP) is 4.32. The second-order valence-corrected chi connectivity index (χ2v) is 12.2. The van der Waals surface area contributed by atoms with Crippen molar-refractivity contribution in [3.05, 3.63) is 65.7 Å². The van der Waals surface area contributed by atoms with Crippen molar-refractivity contribution in [1.82, 2.24) is 4.90 Å². The molecule has 0 unspecified atom stereocenters. The lowest BCUT2D eigenvalue weighted by atomic mass is 9.78. The first-order valence-corrected chi connectivity index (χ1v) is 14.4. The number of likely N-dealkylation sites (N-methyl/N-ethyl adjacent to an activating group) is 1. The van der Waals surface area contributed by atoms with E-state index in [0.717, 1.165) is 49.7 Å². The Morgan fingerprint density at radius 2 is 1.60 bits per heavy atom. The number of sulfone groups is 1. The summed E-state index contributed by atoms with van der Waals surface area (Å²) in [6.45, 7) is 1.03. The highest BCUT2D eigenvalue weighted by atomic mass is 32.2. The van der Waals surface area contributed by atoms with E-state index in [2.05, 4.69) is 0 Å². The molecule has 0 bridgehead atoms. The third-order valence-corrected chi connectivity index (χ3v) is 9.51. The highest BCUT2D eigenvalue weighted by molar-refractivity contribution is 7.90. The summed E-state index contributed by atoms with van der Waals surface area (Å²) in [7, 11) is -1.51. The zero-order valence-corrected chi connectivity index (χ0v) is 21.5. The second-order valence-electron chi connectivity index (χ2n) is 10.2. The Bertz CT molecular complexity index is 1080. The van der Waals surface area contributed by atoms with Crippen LogP contribution in [-0.2, 0) is 31.7 Å². The molecule has 2 saturated carbocycles. The van der Waals surface area contributed by atoms with Gasteiger partial charge in [-0.15, -0.1) is 0 Å². The standard InChI is InChI=1S/C28H38N2O4S/c1-30(25-10-7-11-25)28(31)27(29)22-16-14-21(15-17-22)18-34-19-23-8-5-6-9-24(23)20-35(32,33)26-12-3-2-4-13-26/h2-6,8-9,12-13,21-22,25,27H,7,10-11,14-20,29H2,1H3/t21?,22?,27-/m0/s1. The van der Waals surface area contributed by atoms with Gasteiger partial charge in [0.25, 0.3) is 0 Å². The molecule has 0 heterocycles. The van der Waals surface area contributed by atoms with Gasteiger partial charge in [-0.25, -0.2) is 8.42 Å². The van der Waals surface area contributed by atoms with Crippen LogP contribution in [0.4, 0.5) is 0 Å². The lowest BCUT2D eigenvalue weighted by Gasteiger charge is -2.38. The minimum Gasteiger partial charge on any atom is -0.376 e. The van der Waals surface area contributed by atoms with Gasteiger partial charge in [0, 0.05) is 19.7 Å². The van der Waals surface area contributed by atoms with Gasteiger partial charge in [0.15, 0.2) is 9.84 Å². The zero-order chi connectivity index (χ0) is 24.8. The summed E-state index contributed by atoms with van der Waals surface area (Å²) in [5.41, 5.74) is 8.06. The SMILES string of the molecule is CN(C(=O)[C@@H](N)C1CCC(COCc2ccccc2CS(=O)(=O)c2ccccc2)CC1)C1CCC1. The first kappa shape index (κ1) is 25.9. The van der Waals surface area contributed by atoms with Gasteiger partial charge in [-0.05, 0) is 80.0 Å². The van der Waals surface area contributed by atoms with Crippen LogP contribution in [0.3, 0.4) is 0 Å². The Kier molecular flexibility index (Phi) is 8.63. The van der Waals surface area contributed by atoms with E-state index in [9.17, 15) is 13.2 Å². The molecule has 0 spiro atoms. The molecule has 0 radical (unpaired) electrons. The minimum atomic E-state index is -3.41. The molecule has 2 fully saturated rings. The summed E-state index contributed by atoms with van der Waals surface area (Å²) in [6.07, 6.45) is 7.30. The van der Waals surface area contributed by atoms with Crippen molar-refractivity contribution in [3.63, 3.8) is 0 Å². The van der Waals surface area contributed by atoms with Crippen LogP contribution in [-0.4, -0.2) is 45.0 Å². The molecule has 2 N–H and O–H groups in total. The van der Waals surface area contributed by atoms with Crippen molar-refractivity contribution >= 4 is 15.7 Å². The fourth-order valence-corrected chi connectivity index (χ4v) is 6.62. The van der Waals surface area contributed by atoms with Gasteiger partial charge in [-0.3, -0.25) is 4.79 Å². The molecule has 1 amide bonds. The van der Waals surface area contributed by atoms with Gasteiger partial charge >= 0.3 is 0 Å². The van der Waals surface area contributed by atoms with Crippen LogP contribution in [0.1, 0.15) is 56.1 Å². The molecule has 2 aliphatic carbocycles. The third-order valence-electron chi connectivity index (χ3n) is 7.83. The third kappa shape index (κ3) is 6.51. The van der Waals surface area contributed by atoms with Crippen LogP contribution >= 0.6 is 0 Å². The van der Waals surface area contributed by atoms with E-state index in [-0.39, 0.29) is 17.6 Å². The molecule has 7 heteroatoms. The first-order valence-electron chi connectivity index (χ1n) is 12.8. The highest BCUT2D eigenvalue weighted by Gasteiger charge is 2.34. The van der Waals surface area contributed by atoms with Crippen molar-refractivity contribution < 1.29 is 17.9 Å². The van der Waals surface area contributed by atoms with Gasteiger partial charge in [-0.2, -0.15) is 0 Å². The summed E-state index contributed by atoms with van der Waals surface area (Å²) in [5.74, 6) is 0.739. The molecular weight excluding hydrogens is 460 g/mol. The van der Waals surface area contributed by atoms with Crippen LogP contribution in [0.25, 0.3) is 0 Å². The normalized spacial score (nSPS) is 21.8. The Morgan fingerprint density at radius 3 is 2.23 bits per heavy atom. The summed E-state index contributed by atoms with van der Waals surface area (Å²) in [6, 6.07) is 16.1. The van der Waals surface area contributed by atoms with Gasteiger partial charge in [-0.1, -0.05) is 42.5 Å². The monoisotopic (exact) mass is 498 g/mol. The first-order chi connectivity index (χ1) is 16.8. The molecule has 2 aliphatic rings. The molecule has 6 nitrogen and oxygen atoms in total. The van der Waals surface area contributed by atoms with Gasteiger partial charge in [0.1, 0.15) is 0 Å². The van der Waals surface area contributed by atoms with Crippen molar-refractivity contribution in [2.24, 2.45) is 17.6 Å². The number of ether oxygens (including phenoxy) is 1. The van der Waals surface area contributed by atoms with Crippen LogP contribution < -0.4 is 5.73 Å². The number of hydrogen-bond donors (Lipinski definition) is 1. The summed E-state index contributed by atoms with van der Waals surface area (Å²) < 4.78 is 31.7. The van der Waals surface area contributed by atoms with E-state index in [1.807, 2.05) is 42.3 Å². The molecule has 0 saturated heterocycles. The van der Waals surface area contributed by atoms with Crippen molar-refractivity contribution in [1.29, 1.82) is 0 Å². The Balaban J connectivity index is 1.24. The summed E-state index contributed by atoms with van der Waals surface area (Å²) in [5, 5.41) is 0. The second kappa shape index (κ2) is 11.7. The van der Waals surface area contributed by atoms with E-state index < -0.39 is 15.9 Å². The van der Waals surface area contributed by atoms with Gasteiger partial charge in [0.2, 0.25) is 5.91 Å². The molecule has 2 aromatic carbocycles. The summed E-state index contributed by atoms with van der Waals surface area (Å²) in [4.78, 5) is 15.0. The van der Waals surface area contributed by atoms with E-state index in [1.165, 1.54) is 6.42 Å². The minimum absolute atomic E-state index is 0.0388. The zero-order valence-electron chi connectivity index (χ0n) is 20.6. The van der Waals surface area contributed by atoms with E-state index in [0.29, 0.717) is 30.1 Å². The smallest absolute Gasteiger partial charge is 0.239 e. The predicted molar refractivity (Wildman–Crippen MR) is 137 cm³/mol. The average molecular weight is 499 g/mol. The lowest BCUT2D eigenvalue weighted by Crippen LogP contribution is -2.52. The molecule has 0 aliphatic heterocycles. The van der Waals surface area contributed by atoms with Crippen molar-refractivity contribution in [2.45, 2.75) is 74.3 Å². The quantitative estimate of drug-likeness (QED) is 0.527. The number of amides is 1. The number of nitrogens with two attached hydrogens (primary N) is 1. The number of carbonyl (C=O) groups excluding carboxylic acids is 1. The highest BCUT2D eigenvalue weighted by Crippen LogP contribution is 2.32. The molecule has 2 aromatic rings. The van der Waals surface area contributed by atoms with Crippen molar-refractivity contribution in [2.75, 3.05) is 13.7 Å². The number of hydrogen-bond acceptors (Lipinski definition) is 5. The van der Waals surface area contributed by atoms with Crippen LogP contribution in [0.2, 0.25) is 0 Å². The number of rotatable bonds is 10. The van der Waals surface area contributed by atoms with Crippen molar-refractivity contribution in [3.8, 4) is 0 Å². The maximum atomic E-state index is 12.8. The fraction of sp³-hybridized carbons (Fsp3) is 0.536. The molecule has 4 rings (SSSR count). The van der Waals surface area contributed by atoms with Crippen LogP contribution in [0, 0.1) is 11.8 Å². The number of nitrogens with zero attached hydrogens (tertiary/aromatic N) is 1. The molecule has 35 heavy (non-hydrogen) atoms. The Hall–Kier alpha value is -2.22. The topological polar surface area (TPSA) is 89.7 Å². The molecule has 0 aromatic heterocycles. The van der Waals surface area contributed by atoms with E-state index in [4.69, 9.17) is 10.5 Å². The number of carbonyl (C=O) groups is 1. The summed E-state index contributed by atoms with van der Waals surface area (Å²) >= 11 is 0. The maximum absolute atomic E-state index is 12.8.